The number of rotatable bonds is 2. The van der Waals surface area contributed by atoms with Crippen molar-refractivity contribution in [3.05, 3.63) is 88.8 Å². The molecule has 176 valence electrons. The van der Waals surface area contributed by atoms with Crippen LogP contribution in [-0.2, 0) is 11.2 Å². The maximum Gasteiger partial charge on any atom is 0.176 e. The monoisotopic (exact) mass is 478 g/mol. The normalized spacial score (nSPS) is 20.6. The van der Waals surface area contributed by atoms with E-state index < -0.39 is 11.6 Å². The summed E-state index contributed by atoms with van der Waals surface area (Å²) in [6.45, 7) is 3.60. The van der Waals surface area contributed by atoms with E-state index in [2.05, 4.69) is 4.98 Å². The first-order valence-electron chi connectivity index (χ1n) is 11.8. The minimum absolute atomic E-state index is 0.104. The number of ketones is 1. The summed E-state index contributed by atoms with van der Waals surface area (Å²) in [5.74, 6) is -1.48. The largest absolute Gasteiger partial charge is 0.293 e. The van der Waals surface area contributed by atoms with Crippen LogP contribution in [0, 0.1) is 41.7 Å². The average Bonchev–Trinajstić information content (AvgIpc) is 3.25. The second kappa shape index (κ2) is 8.13. The molecule has 0 amide bonds. The molecule has 2 aliphatic rings. The molecule has 5 nitrogen and oxygen atoms in total. The fourth-order valence-corrected chi connectivity index (χ4v) is 5.55. The molecule has 6 rings (SSSR count). The van der Waals surface area contributed by atoms with Crippen molar-refractivity contribution in [2.24, 2.45) is 11.8 Å². The number of carbonyl (C=O) groups is 1. The van der Waals surface area contributed by atoms with Gasteiger partial charge in [0.15, 0.2) is 11.6 Å². The number of halogens is 2. The molecular formula is C29H20F2N4O. The average molecular weight is 479 g/mol. The van der Waals surface area contributed by atoms with E-state index in [9.17, 15) is 14.4 Å². The first-order chi connectivity index (χ1) is 17.4. The van der Waals surface area contributed by atoms with Crippen LogP contribution in [0.4, 0.5) is 8.78 Å². The van der Waals surface area contributed by atoms with Gasteiger partial charge in [-0.3, -0.25) is 4.79 Å². The third-order valence-corrected chi connectivity index (χ3v) is 7.33. The number of aromatic nitrogens is 3. The van der Waals surface area contributed by atoms with Gasteiger partial charge in [-0.15, -0.1) is 0 Å². The summed E-state index contributed by atoms with van der Waals surface area (Å²) in [5.41, 5.74) is 3.76. The van der Waals surface area contributed by atoms with Crippen LogP contribution >= 0.6 is 0 Å². The molecular weight excluding hydrogens is 458 g/mol. The summed E-state index contributed by atoms with van der Waals surface area (Å²) in [5, 5.41) is 10.1. The minimum atomic E-state index is -0.450. The second-order valence-electron chi connectivity index (χ2n) is 9.43. The Morgan fingerprint density at radius 2 is 1.78 bits per heavy atom. The lowest BCUT2D eigenvalue weighted by Gasteiger charge is -2.27. The van der Waals surface area contributed by atoms with E-state index >= 15 is 4.39 Å². The molecule has 0 aliphatic heterocycles. The van der Waals surface area contributed by atoms with Crippen LogP contribution in [0.1, 0.15) is 29.8 Å². The summed E-state index contributed by atoms with van der Waals surface area (Å²) in [7, 11) is 0. The van der Waals surface area contributed by atoms with E-state index in [4.69, 9.17) is 9.97 Å². The lowest BCUT2D eigenvalue weighted by Crippen LogP contribution is -2.29. The molecule has 0 bridgehead atoms. The number of carbonyl (C=O) groups excluding carboxylic acids is 1. The van der Waals surface area contributed by atoms with Crippen LogP contribution in [-0.4, -0.2) is 20.7 Å². The van der Waals surface area contributed by atoms with E-state index in [1.54, 1.807) is 49.4 Å². The maximum absolute atomic E-state index is 15.0. The SMILES string of the molecule is Cc1cc(-c2nc(-c3ccccc3F)c3c(n2)C2C=C(C#N)C(=O)C(C)C2C3)c2cccc(F)c2n1. The molecule has 3 unspecified atom stereocenters. The summed E-state index contributed by atoms with van der Waals surface area (Å²) < 4.78 is 29.7. The zero-order valence-corrected chi connectivity index (χ0v) is 19.6. The predicted molar refractivity (Wildman–Crippen MR) is 131 cm³/mol. The molecule has 3 atom stereocenters. The van der Waals surface area contributed by atoms with Crippen LogP contribution in [0.3, 0.4) is 0 Å². The summed E-state index contributed by atoms with van der Waals surface area (Å²) in [4.78, 5) is 26.9. The molecule has 2 heterocycles. The molecule has 2 aromatic carbocycles. The topological polar surface area (TPSA) is 79.5 Å². The standard InChI is InChI=1S/C29H20F2N4O/c1-14-10-21(17-7-5-9-24(31)27(17)33-14)29-34-25(18-6-3-4-8-23(18)30)22-12-19-15(2)28(36)16(13-32)11-20(19)26(22)35-29/h3-11,15,19-20H,12H2,1-2H3. The molecule has 0 spiro atoms. The molecule has 7 heteroatoms. The number of aryl methyl sites for hydroxylation is 1. The highest BCUT2D eigenvalue weighted by Gasteiger charge is 2.44. The second-order valence-corrected chi connectivity index (χ2v) is 9.43. The molecule has 0 N–H and O–H groups in total. The summed E-state index contributed by atoms with van der Waals surface area (Å²) in [6.07, 6.45) is 2.19. The third kappa shape index (κ3) is 3.25. The zero-order chi connectivity index (χ0) is 25.1. The number of nitrogens with zero attached hydrogens (tertiary/aromatic N) is 4. The van der Waals surface area contributed by atoms with E-state index in [0.717, 1.165) is 5.56 Å². The molecule has 0 radical (unpaired) electrons. The number of hydrogen-bond acceptors (Lipinski definition) is 5. The molecule has 2 aliphatic carbocycles. The fourth-order valence-electron chi connectivity index (χ4n) is 5.55. The van der Waals surface area contributed by atoms with E-state index in [0.29, 0.717) is 45.8 Å². The Kier molecular flexibility index (Phi) is 5.01. The minimum Gasteiger partial charge on any atom is -0.293 e. The molecule has 0 saturated carbocycles. The molecule has 0 fully saturated rings. The Morgan fingerprint density at radius 1 is 1.00 bits per heavy atom. The quantitative estimate of drug-likeness (QED) is 0.360. The van der Waals surface area contributed by atoms with Gasteiger partial charge in [-0.1, -0.05) is 37.3 Å². The Labute approximate surface area is 206 Å². The van der Waals surface area contributed by atoms with Crippen molar-refractivity contribution in [1.82, 2.24) is 15.0 Å². The number of fused-ring (bicyclic) bond motifs is 4. The van der Waals surface area contributed by atoms with E-state index in [1.807, 2.05) is 13.0 Å². The van der Waals surface area contributed by atoms with Crippen molar-refractivity contribution in [3.63, 3.8) is 0 Å². The highest BCUT2D eigenvalue weighted by molar-refractivity contribution is 6.02. The molecule has 4 aromatic rings. The van der Waals surface area contributed by atoms with Gasteiger partial charge in [0.25, 0.3) is 0 Å². The number of para-hydroxylation sites is 1. The third-order valence-electron chi connectivity index (χ3n) is 7.33. The van der Waals surface area contributed by atoms with Crippen molar-refractivity contribution in [3.8, 4) is 28.7 Å². The number of benzene rings is 2. The zero-order valence-electron chi connectivity index (χ0n) is 19.6. The highest BCUT2D eigenvalue weighted by Crippen LogP contribution is 2.49. The van der Waals surface area contributed by atoms with Gasteiger partial charge in [-0.25, -0.2) is 23.7 Å². The van der Waals surface area contributed by atoms with Crippen LogP contribution in [0.2, 0.25) is 0 Å². The van der Waals surface area contributed by atoms with Gasteiger partial charge in [0.2, 0.25) is 0 Å². The van der Waals surface area contributed by atoms with Crippen molar-refractivity contribution >= 4 is 16.7 Å². The smallest absolute Gasteiger partial charge is 0.176 e. The van der Waals surface area contributed by atoms with Gasteiger partial charge < -0.3 is 0 Å². The number of hydrogen-bond donors (Lipinski definition) is 0. The van der Waals surface area contributed by atoms with Gasteiger partial charge in [0.1, 0.15) is 23.2 Å². The Balaban J connectivity index is 1.67. The lowest BCUT2D eigenvalue weighted by molar-refractivity contribution is -0.120. The molecule has 2 aromatic heterocycles. The Hall–Kier alpha value is -4.31. The van der Waals surface area contributed by atoms with Gasteiger partial charge in [-0.2, -0.15) is 5.26 Å². The van der Waals surface area contributed by atoms with Crippen molar-refractivity contribution in [2.75, 3.05) is 0 Å². The lowest BCUT2D eigenvalue weighted by atomic mass is 9.74. The van der Waals surface area contributed by atoms with E-state index in [-0.39, 0.29) is 34.6 Å². The molecule has 36 heavy (non-hydrogen) atoms. The molecule has 0 saturated heterocycles. The number of allylic oxidation sites excluding steroid dienone is 2. The number of nitriles is 1. The summed E-state index contributed by atoms with van der Waals surface area (Å²) in [6, 6.07) is 15.0. The van der Waals surface area contributed by atoms with Crippen LogP contribution in [0.15, 0.2) is 60.2 Å². The van der Waals surface area contributed by atoms with Crippen molar-refractivity contribution in [2.45, 2.75) is 26.2 Å². The van der Waals surface area contributed by atoms with Gasteiger partial charge in [0, 0.05) is 39.6 Å². The van der Waals surface area contributed by atoms with Crippen molar-refractivity contribution < 1.29 is 13.6 Å². The number of Topliss-reactive ketones (excluding diaryl/α,β-unsaturated/α-hetero) is 1. The number of pyridine rings is 1. The highest BCUT2D eigenvalue weighted by atomic mass is 19.1. The first kappa shape index (κ1) is 22.2. The van der Waals surface area contributed by atoms with Gasteiger partial charge in [0.05, 0.1) is 17.0 Å². The van der Waals surface area contributed by atoms with Crippen LogP contribution in [0.25, 0.3) is 33.5 Å². The van der Waals surface area contributed by atoms with Gasteiger partial charge >= 0.3 is 0 Å². The predicted octanol–water partition coefficient (Wildman–Crippen LogP) is 5.87. The summed E-state index contributed by atoms with van der Waals surface area (Å²) >= 11 is 0. The van der Waals surface area contributed by atoms with Crippen LogP contribution < -0.4 is 0 Å². The van der Waals surface area contributed by atoms with E-state index in [1.165, 1.54) is 12.1 Å². The fraction of sp³-hybridized carbons (Fsp3) is 0.207. The van der Waals surface area contributed by atoms with Crippen LogP contribution in [0.5, 0.6) is 0 Å². The Bertz CT molecular complexity index is 1670. The Morgan fingerprint density at radius 3 is 2.56 bits per heavy atom. The van der Waals surface area contributed by atoms with Crippen molar-refractivity contribution in [1.29, 1.82) is 5.26 Å². The maximum atomic E-state index is 15.0. The first-order valence-corrected chi connectivity index (χ1v) is 11.8. The van der Waals surface area contributed by atoms with Gasteiger partial charge in [-0.05, 0) is 43.5 Å².